The lowest BCUT2D eigenvalue weighted by Gasteiger charge is -2.24. The standard InChI is InChI=1S/C12H20N2O5S2/c1-18-7-4-13-10-11-2-3-12(19-11)21(16,17)14-5-8-20(15)9-6-14/h2-3,13H,4-10H2,1H3. The molecule has 1 aromatic rings. The van der Waals surface area contributed by atoms with Gasteiger partial charge in [0.25, 0.3) is 10.0 Å². The monoisotopic (exact) mass is 336 g/mol. The van der Waals surface area contributed by atoms with Crippen molar-refractivity contribution >= 4 is 20.8 Å². The largest absolute Gasteiger partial charge is 0.447 e. The zero-order valence-corrected chi connectivity index (χ0v) is 13.5. The van der Waals surface area contributed by atoms with E-state index >= 15 is 0 Å². The summed E-state index contributed by atoms with van der Waals surface area (Å²) in [6.45, 7) is 2.24. The van der Waals surface area contributed by atoms with Crippen LogP contribution in [0.5, 0.6) is 0 Å². The Balaban J connectivity index is 1.97. The van der Waals surface area contributed by atoms with Gasteiger partial charge in [-0.25, -0.2) is 8.42 Å². The molecule has 0 unspecified atom stereocenters. The van der Waals surface area contributed by atoms with Crippen molar-refractivity contribution in [2.75, 3.05) is 44.9 Å². The molecule has 1 saturated heterocycles. The van der Waals surface area contributed by atoms with Crippen molar-refractivity contribution in [2.24, 2.45) is 0 Å². The van der Waals surface area contributed by atoms with Crippen LogP contribution in [0.2, 0.25) is 0 Å². The summed E-state index contributed by atoms with van der Waals surface area (Å²) >= 11 is 0. The Labute approximate surface area is 127 Å². The molecular formula is C12H20N2O5S2. The summed E-state index contributed by atoms with van der Waals surface area (Å²) in [5.41, 5.74) is 0. The summed E-state index contributed by atoms with van der Waals surface area (Å²) in [5.74, 6) is 1.32. The van der Waals surface area contributed by atoms with Gasteiger partial charge in [0.2, 0.25) is 5.09 Å². The fourth-order valence-corrected chi connectivity index (χ4v) is 4.62. The van der Waals surface area contributed by atoms with Gasteiger partial charge in [-0.05, 0) is 12.1 Å². The van der Waals surface area contributed by atoms with E-state index in [9.17, 15) is 12.6 Å². The van der Waals surface area contributed by atoms with Crippen LogP contribution < -0.4 is 5.32 Å². The lowest BCUT2D eigenvalue weighted by Crippen LogP contribution is -2.41. The first kappa shape index (κ1) is 16.6. The summed E-state index contributed by atoms with van der Waals surface area (Å²) in [6, 6.07) is 3.11. The third-order valence-corrected chi connectivity index (χ3v) is 6.20. The molecule has 0 atom stereocenters. The van der Waals surface area contributed by atoms with Gasteiger partial charge in [-0.3, -0.25) is 4.21 Å². The summed E-state index contributed by atoms with van der Waals surface area (Å²) in [7, 11) is -2.92. The van der Waals surface area contributed by atoms with Gasteiger partial charge in [0.05, 0.1) is 13.2 Å². The maximum atomic E-state index is 12.4. The van der Waals surface area contributed by atoms with Crippen molar-refractivity contribution < 1.29 is 21.8 Å². The van der Waals surface area contributed by atoms with Crippen LogP contribution in [0.4, 0.5) is 0 Å². The number of rotatable bonds is 7. The van der Waals surface area contributed by atoms with E-state index in [0.29, 0.717) is 37.0 Å². The van der Waals surface area contributed by atoms with Crippen LogP contribution in [0.1, 0.15) is 5.76 Å². The minimum absolute atomic E-state index is 0.0567. The zero-order chi connectivity index (χ0) is 15.3. The van der Waals surface area contributed by atoms with Crippen LogP contribution in [0, 0.1) is 0 Å². The van der Waals surface area contributed by atoms with Crippen LogP contribution in [-0.2, 0) is 32.1 Å². The van der Waals surface area contributed by atoms with Crippen molar-refractivity contribution in [2.45, 2.75) is 11.6 Å². The molecule has 0 radical (unpaired) electrons. The second-order valence-electron chi connectivity index (χ2n) is 4.64. The third kappa shape index (κ3) is 4.36. The Morgan fingerprint density at radius 1 is 1.38 bits per heavy atom. The summed E-state index contributed by atoms with van der Waals surface area (Å²) < 4.78 is 47.7. The van der Waals surface area contributed by atoms with Crippen molar-refractivity contribution in [3.05, 3.63) is 17.9 Å². The fraction of sp³-hybridized carbons (Fsp3) is 0.667. The van der Waals surface area contributed by atoms with E-state index in [1.54, 1.807) is 13.2 Å². The van der Waals surface area contributed by atoms with E-state index in [2.05, 4.69) is 5.32 Å². The maximum Gasteiger partial charge on any atom is 0.276 e. The van der Waals surface area contributed by atoms with Gasteiger partial charge in [-0.1, -0.05) is 0 Å². The summed E-state index contributed by atoms with van der Waals surface area (Å²) in [6.07, 6.45) is 0. The number of methoxy groups -OCH3 is 1. The van der Waals surface area contributed by atoms with Crippen LogP contribution in [0.3, 0.4) is 0 Å². The molecule has 2 heterocycles. The molecule has 0 aromatic carbocycles. The third-order valence-electron chi connectivity index (χ3n) is 3.15. The maximum absolute atomic E-state index is 12.4. The Kier molecular flexibility index (Phi) is 5.94. The molecule has 0 saturated carbocycles. The number of sulfonamides is 1. The average molecular weight is 336 g/mol. The van der Waals surface area contributed by atoms with Crippen LogP contribution >= 0.6 is 0 Å². The molecule has 2 rings (SSSR count). The molecule has 0 bridgehead atoms. The molecule has 21 heavy (non-hydrogen) atoms. The molecule has 0 spiro atoms. The normalized spacial score (nSPS) is 18.1. The highest BCUT2D eigenvalue weighted by molar-refractivity contribution is 7.89. The van der Waals surface area contributed by atoms with E-state index in [1.165, 1.54) is 10.4 Å². The number of hydrogen-bond acceptors (Lipinski definition) is 6. The quantitative estimate of drug-likeness (QED) is 0.692. The molecule has 0 aliphatic carbocycles. The smallest absolute Gasteiger partial charge is 0.276 e. The van der Waals surface area contributed by atoms with Crippen molar-refractivity contribution in [3.8, 4) is 0 Å². The molecule has 1 N–H and O–H groups in total. The first-order valence-corrected chi connectivity index (χ1v) is 9.60. The Morgan fingerprint density at radius 2 is 2.10 bits per heavy atom. The highest BCUT2D eigenvalue weighted by Gasteiger charge is 2.30. The van der Waals surface area contributed by atoms with Crippen LogP contribution in [0.25, 0.3) is 0 Å². The van der Waals surface area contributed by atoms with Crippen LogP contribution in [0.15, 0.2) is 21.6 Å². The number of hydrogen-bond donors (Lipinski definition) is 1. The van der Waals surface area contributed by atoms with Crippen molar-refractivity contribution in [1.82, 2.24) is 9.62 Å². The van der Waals surface area contributed by atoms with Crippen LogP contribution in [-0.4, -0.2) is 61.8 Å². The molecule has 7 nitrogen and oxygen atoms in total. The first-order chi connectivity index (χ1) is 10.0. The second-order valence-corrected chi connectivity index (χ2v) is 8.21. The predicted octanol–water partition coefficient (Wildman–Crippen LogP) is -0.231. The summed E-state index contributed by atoms with van der Waals surface area (Å²) in [4.78, 5) is 0. The lowest BCUT2D eigenvalue weighted by molar-refractivity contribution is 0.198. The second kappa shape index (κ2) is 7.50. The number of furan rings is 1. The van der Waals surface area contributed by atoms with Gasteiger partial charge in [0.15, 0.2) is 0 Å². The Bertz CT molecular complexity index is 574. The number of nitrogens with zero attached hydrogens (tertiary/aromatic N) is 1. The highest BCUT2D eigenvalue weighted by atomic mass is 32.2. The summed E-state index contributed by atoms with van der Waals surface area (Å²) in [5, 5.41) is 3.03. The van der Waals surface area contributed by atoms with Gasteiger partial charge >= 0.3 is 0 Å². The fourth-order valence-electron chi connectivity index (χ4n) is 1.97. The molecule has 0 amide bonds. The molecule has 1 aliphatic rings. The highest BCUT2D eigenvalue weighted by Crippen LogP contribution is 2.20. The minimum Gasteiger partial charge on any atom is -0.447 e. The molecular weight excluding hydrogens is 316 g/mol. The molecule has 9 heteroatoms. The van der Waals surface area contributed by atoms with E-state index in [0.717, 1.165) is 0 Å². The zero-order valence-electron chi connectivity index (χ0n) is 11.9. The lowest BCUT2D eigenvalue weighted by atomic mass is 10.4. The topological polar surface area (TPSA) is 88.9 Å². The predicted molar refractivity (Wildman–Crippen MR) is 78.9 cm³/mol. The number of ether oxygens (including phenoxy) is 1. The Hall–Kier alpha value is -0.740. The number of nitrogens with one attached hydrogen (secondary N) is 1. The van der Waals surface area contributed by atoms with Gasteiger partial charge in [-0.2, -0.15) is 4.31 Å². The van der Waals surface area contributed by atoms with Crippen molar-refractivity contribution in [1.29, 1.82) is 0 Å². The first-order valence-electron chi connectivity index (χ1n) is 6.67. The van der Waals surface area contributed by atoms with E-state index in [1.807, 2.05) is 0 Å². The SMILES string of the molecule is COCCNCc1ccc(S(=O)(=O)N2CCS(=O)CC2)o1. The van der Waals surface area contributed by atoms with Gasteiger partial charge in [0, 0.05) is 49.0 Å². The average Bonchev–Trinajstić information content (AvgIpc) is 2.94. The van der Waals surface area contributed by atoms with E-state index in [-0.39, 0.29) is 18.2 Å². The molecule has 1 aromatic heterocycles. The van der Waals surface area contributed by atoms with E-state index < -0.39 is 20.8 Å². The van der Waals surface area contributed by atoms with Gasteiger partial charge in [-0.15, -0.1) is 0 Å². The van der Waals surface area contributed by atoms with E-state index in [4.69, 9.17) is 9.15 Å². The minimum atomic E-state index is -3.62. The van der Waals surface area contributed by atoms with Gasteiger partial charge < -0.3 is 14.5 Å². The van der Waals surface area contributed by atoms with Gasteiger partial charge in [0.1, 0.15) is 5.76 Å². The van der Waals surface area contributed by atoms with Crippen molar-refractivity contribution in [3.63, 3.8) is 0 Å². The Morgan fingerprint density at radius 3 is 2.76 bits per heavy atom. The molecule has 1 fully saturated rings. The molecule has 1 aliphatic heterocycles. The molecule has 120 valence electrons.